The summed E-state index contributed by atoms with van der Waals surface area (Å²) in [5.74, 6) is -1.66. The number of hydrogen-bond donors (Lipinski definition) is 1. The number of ether oxygens (including phenoxy) is 1. The van der Waals surface area contributed by atoms with E-state index < -0.39 is 34.7 Å². The van der Waals surface area contributed by atoms with E-state index in [1.165, 1.54) is 24.0 Å². The standard InChI is InChI=1S/C21H22F3N3O2S/c1-20(2,3)29-19(28)26-18-27-21(4,5-6-30-18)15-8-14(16(23)9-17(15)24)12-7-13(22)11-25-10-12/h7-11H,5-6H2,1-4H3,(H,26,27,28). The van der Waals surface area contributed by atoms with Gasteiger partial charge in [0.1, 0.15) is 23.1 Å². The van der Waals surface area contributed by atoms with Crippen molar-refractivity contribution in [3.8, 4) is 11.1 Å². The van der Waals surface area contributed by atoms with Gasteiger partial charge in [0.25, 0.3) is 0 Å². The van der Waals surface area contributed by atoms with E-state index in [1.807, 2.05) is 0 Å². The average molecular weight is 437 g/mol. The summed E-state index contributed by atoms with van der Waals surface area (Å²) in [6.45, 7) is 6.92. The molecule has 0 fully saturated rings. The molecule has 1 aliphatic heterocycles. The van der Waals surface area contributed by atoms with Gasteiger partial charge < -0.3 is 4.74 Å². The van der Waals surface area contributed by atoms with Crippen molar-refractivity contribution in [2.45, 2.75) is 45.3 Å². The molecule has 0 aliphatic carbocycles. The third-order valence-electron chi connectivity index (χ3n) is 4.44. The predicted molar refractivity (Wildman–Crippen MR) is 111 cm³/mol. The Hall–Kier alpha value is -2.55. The minimum Gasteiger partial charge on any atom is -0.444 e. The van der Waals surface area contributed by atoms with Gasteiger partial charge >= 0.3 is 6.09 Å². The van der Waals surface area contributed by atoms with Crippen LogP contribution in [0.25, 0.3) is 11.1 Å². The Balaban J connectivity index is 1.97. The molecule has 30 heavy (non-hydrogen) atoms. The molecule has 0 saturated heterocycles. The number of nitrogens with one attached hydrogen (secondary N) is 1. The normalized spacial score (nSPS) is 19.2. The molecule has 1 unspecified atom stereocenters. The largest absolute Gasteiger partial charge is 0.444 e. The van der Waals surface area contributed by atoms with Crippen molar-refractivity contribution in [2.24, 2.45) is 4.99 Å². The van der Waals surface area contributed by atoms with Crippen LogP contribution >= 0.6 is 11.8 Å². The smallest absolute Gasteiger partial charge is 0.413 e. The zero-order valence-electron chi connectivity index (χ0n) is 17.1. The van der Waals surface area contributed by atoms with E-state index in [0.717, 1.165) is 18.3 Å². The molecule has 0 spiro atoms. The Morgan fingerprint density at radius 3 is 2.57 bits per heavy atom. The molecular weight excluding hydrogens is 415 g/mol. The van der Waals surface area contributed by atoms with Crippen molar-refractivity contribution >= 4 is 23.0 Å². The lowest BCUT2D eigenvalue weighted by molar-refractivity contribution is 0.0564. The number of hydrogen-bond acceptors (Lipinski definition) is 5. The number of amides is 1. The number of nitrogens with zero attached hydrogens (tertiary/aromatic N) is 2. The molecule has 1 N–H and O–H groups in total. The van der Waals surface area contributed by atoms with Crippen LogP contribution < -0.4 is 5.32 Å². The summed E-state index contributed by atoms with van der Waals surface area (Å²) in [6.07, 6.45) is 2.11. The van der Waals surface area contributed by atoms with E-state index in [2.05, 4.69) is 15.3 Å². The van der Waals surface area contributed by atoms with E-state index in [1.54, 1.807) is 27.7 Å². The van der Waals surface area contributed by atoms with Crippen LogP contribution in [0.4, 0.5) is 18.0 Å². The van der Waals surface area contributed by atoms with Gasteiger partial charge in [0.2, 0.25) is 0 Å². The van der Waals surface area contributed by atoms with Crippen LogP contribution in [-0.2, 0) is 10.3 Å². The second-order valence-electron chi connectivity index (χ2n) is 8.12. The zero-order valence-corrected chi connectivity index (χ0v) is 17.9. The molecule has 9 heteroatoms. The van der Waals surface area contributed by atoms with Gasteiger partial charge in [0.05, 0.1) is 11.7 Å². The second-order valence-corrected chi connectivity index (χ2v) is 9.20. The SMILES string of the molecule is CC(C)(C)OC(=O)NC1=NC(C)(c2cc(-c3cncc(F)c3)c(F)cc2F)CCS1. The molecule has 1 atom stereocenters. The molecule has 3 rings (SSSR count). The maximum atomic E-state index is 14.7. The molecule has 2 heterocycles. The highest BCUT2D eigenvalue weighted by Crippen LogP contribution is 2.39. The lowest BCUT2D eigenvalue weighted by Gasteiger charge is -2.31. The number of halogens is 3. The molecule has 0 saturated carbocycles. The topological polar surface area (TPSA) is 63.6 Å². The van der Waals surface area contributed by atoms with Crippen LogP contribution in [0.5, 0.6) is 0 Å². The Labute approximate surface area is 177 Å². The van der Waals surface area contributed by atoms with Crippen LogP contribution in [0.1, 0.15) is 39.7 Å². The maximum Gasteiger partial charge on any atom is 0.413 e. The number of alkyl carbamates (subject to hydrolysis) is 1. The van der Waals surface area contributed by atoms with Gasteiger partial charge in [-0.2, -0.15) is 0 Å². The molecular formula is C21H22F3N3O2S. The first-order chi connectivity index (χ1) is 14.0. The molecule has 1 aromatic heterocycles. The minimum atomic E-state index is -1.05. The Morgan fingerprint density at radius 1 is 1.17 bits per heavy atom. The number of aliphatic imine (C=N–C) groups is 1. The van der Waals surface area contributed by atoms with E-state index in [4.69, 9.17) is 4.74 Å². The van der Waals surface area contributed by atoms with Gasteiger partial charge in [-0.05, 0) is 46.2 Å². The third-order valence-corrected chi connectivity index (χ3v) is 5.31. The highest BCUT2D eigenvalue weighted by molar-refractivity contribution is 8.13. The lowest BCUT2D eigenvalue weighted by atomic mass is 9.87. The third kappa shape index (κ3) is 5.13. The summed E-state index contributed by atoms with van der Waals surface area (Å²) < 4.78 is 48.0. The Kier molecular flexibility index (Phi) is 6.12. The van der Waals surface area contributed by atoms with Crippen molar-refractivity contribution in [1.82, 2.24) is 10.3 Å². The fourth-order valence-electron chi connectivity index (χ4n) is 3.05. The second kappa shape index (κ2) is 8.29. The number of carbonyl (C=O) groups excluding carboxylic acids is 1. The van der Waals surface area contributed by atoms with Crippen molar-refractivity contribution in [3.05, 3.63) is 53.6 Å². The Morgan fingerprint density at radius 2 is 1.90 bits per heavy atom. The predicted octanol–water partition coefficient (Wildman–Crippen LogP) is 5.40. The molecule has 2 aromatic rings. The fraction of sp³-hybridized carbons (Fsp3) is 0.381. The number of benzene rings is 1. The van der Waals surface area contributed by atoms with Gasteiger partial charge in [-0.25, -0.2) is 18.0 Å². The number of amidine groups is 1. The van der Waals surface area contributed by atoms with Gasteiger partial charge in [0.15, 0.2) is 5.17 Å². The summed E-state index contributed by atoms with van der Waals surface area (Å²) >= 11 is 1.31. The van der Waals surface area contributed by atoms with E-state index in [9.17, 15) is 18.0 Å². The maximum absolute atomic E-state index is 14.7. The van der Waals surface area contributed by atoms with Crippen LogP contribution in [0.2, 0.25) is 0 Å². The summed E-state index contributed by atoms with van der Waals surface area (Å²) in [4.78, 5) is 20.3. The number of thioether (sulfide) groups is 1. The number of aromatic nitrogens is 1. The van der Waals surface area contributed by atoms with Gasteiger partial charge in [-0.3, -0.25) is 15.3 Å². The van der Waals surface area contributed by atoms with Crippen LogP contribution in [-0.4, -0.2) is 27.6 Å². The molecule has 0 bridgehead atoms. The average Bonchev–Trinajstić information content (AvgIpc) is 2.59. The highest BCUT2D eigenvalue weighted by atomic mass is 32.2. The fourth-order valence-corrected chi connectivity index (χ4v) is 4.17. The van der Waals surface area contributed by atoms with Crippen molar-refractivity contribution in [2.75, 3.05) is 5.75 Å². The minimum absolute atomic E-state index is 0.0229. The summed E-state index contributed by atoms with van der Waals surface area (Å²) in [6, 6.07) is 3.22. The Bertz CT molecular complexity index is 1010. The summed E-state index contributed by atoms with van der Waals surface area (Å²) in [7, 11) is 0. The molecule has 1 aromatic carbocycles. The van der Waals surface area contributed by atoms with Crippen LogP contribution in [0.15, 0.2) is 35.6 Å². The van der Waals surface area contributed by atoms with Crippen molar-refractivity contribution in [3.63, 3.8) is 0 Å². The van der Waals surface area contributed by atoms with E-state index >= 15 is 0 Å². The van der Waals surface area contributed by atoms with Crippen molar-refractivity contribution < 1.29 is 22.7 Å². The first-order valence-corrected chi connectivity index (χ1v) is 10.3. The first-order valence-electron chi connectivity index (χ1n) is 9.30. The highest BCUT2D eigenvalue weighted by Gasteiger charge is 2.34. The van der Waals surface area contributed by atoms with Gasteiger partial charge in [-0.15, -0.1) is 0 Å². The molecule has 1 amide bonds. The molecule has 0 radical (unpaired) electrons. The van der Waals surface area contributed by atoms with Gasteiger partial charge in [0, 0.05) is 34.7 Å². The summed E-state index contributed by atoms with van der Waals surface area (Å²) in [5, 5.41) is 2.87. The molecule has 160 valence electrons. The van der Waals surface area contributed by atoms with E-state index in [0.29, 0.717) is 12.2 Å². The van der Waals surface area contributed by atoms with Crippen LogP contribution in [0.3, 0.4) is 0 Å². The first kappa shape index (κ1) is 22.1. The number of rotatable bonds is 2. The van der Waals surface area contributed by atoms with Gasteiger partial charge in [-0.1, -0.05) is 11.8 Å². The molecule has 5 nitrogen and oxygen atoms in total. The molecule has 1 aliphatic rings. The zero-order chi connectivity index (χ0) is 22.1. The van der Waals surface area contributed by atoms with Crippen molar-refractivity contribution in [1.29, 1.82) is 0 Å². The number of pyridine rings is 1. The van der Waals surface area contributed by atoms with Crippen LogP contribution in [0, 0.1) is 17.5 Å². The summed E-state index contributed by atoms with van der Waals surface area (Å²) in [5.41, 5.74) is -1.37. The van der Waals surface area contributed by atoms with E-state index in [-0.39, 0.29) is 21.9 Å². The number of carbonyl (C=O) groups is 1. The monoisotopic (exact) mass is 437 g/mol. The quantitative estimate of drug-likeness (QED) is 0.683. The lowest BCUT2D eigenvalue weighted by Crippen LogP contribution is -2.38.